The molecule has 52 valence electrons. The van der Waals surface area contributed by atoms with Crippen molar-refractivity contribution in [2.24, 2.45) is 0 Å². The van der Waals surface area contributed by atoms with E-state index >= 15 is 0 Å². The largest absolute Gasteiger partial charge is 0.115 e. The minimum atomic E-state index is 1.11. The van der Waals surface area contributed by atoms with Gasteiger partial charge in [0.15, 0.2) is 0 Å². The van der Waals surface area contributed by atoms with Gasteiger partial charge in [-0.05, 0) is 31.8 Å². The summed E-state index contributed by atoms with van der Waals surface area (Å²) in [5.74, 6) is 2.73. The first kappa shape index (κ1) is 7.15. The van der Waals surface area contributed by atoms with Gasteiger partial charge in [0.05, 0.1) is 0 Å². The molecular weight excluding hydrogens is 120 g/mol. The third kappa shape index (κ3) is 1.30. The van der Waals surface area contributed by atoms with Crippen molar-refractivity contribution >= 4 is 0 Å². The van der Waals surface area contributed by atoms with Crippen LogP contribution in [-0.4, -0.2) is 0 Å². The maximum absolute atomic E-state index is 5.31. The summed E-state index contributed by atoms with van der Waals surface area (Å²) in [6, 6.07) is 0. The predicted molar refractivity (Wildman–Crippen MR) is 44.5 cm³/mol. The Hall–Kier alpha value is -0.960. The van der Waals surface area contributed by atoms with Crippen molar-refractivity contribution in [1.82, 2.24) is 0 Å². The van der Waals surface area contributed by atoms with Crippen molar-refractivity contribution in [3.05, 3.63) is 23.3 Å². The monoisotopic (exact) mass is 132 g/mol. The maximum atomic E-state index is 5.31. The van der Waals surface area contributed by atoms with Gasteiger partial charge >= 0.3 is 0 Å². The smallest absolute Gasteiger partial charge is 0.00496 e. The minimum absolute atomic E-state index is 1.11. The molecule has 0 bridgehead atoms. The van der Waals surface area contributed by atoms with E-state index in [1.807, 2.05) is 6.92 Å². The quantitative estimate of drug-likeness (QED) is 0.481. The van der Waals surface area contributed by atoms with Crippen LogP contribution in [0.4, 0.5) is 0 Å². The summed E-state index contributed by atoms with van der Waals surface area (Å²) in [4.78, 5) is 0. The molecule has 0 atom stereocenters. The van der Waals surface area contributed by atoms with E-state index in [1.54, 1.807) is 0 Å². The molecule has 0 heteroatoms. The van der Waals surface area contributed by atoms with Crippen LogP contribution in [0.5, 0.6) is 0 Å². The molecule has 0 heterocycles. The van der Waals surface area contributed by atoms with Crippen LogP contribution in [0, 0.1) is 12.3 Å². The second kappa shape index (κ2) is 3.27. The van der Waals surface area contributed by atoms with Crippen molar-refractivity contribution in [1.29, 1.82) is 0 Å². The van der Waals surface area contributed by atoms with E-state index in [9.17, 15) is 0 Å². The van der Waals surface area contributed by atoms with Crippen LogP contribution < -0.4 is 0 Å². The lowest BCUT2D eigenvalue weighted by atomic mass is 10.1. The summed E-state index contributed by atoms with van der Waals surface area (Å²) in [6.07, 6.45) is 13.0. The van der Waals surface area contributed by atoms with Gasteiger partial charge in [-0.2, -0.15) is 0 Å². The second-order valence-electron chi connectivity index (χ2n) is 2.50. The van der Waals surface area contributed by atoms with E-state index in [0.717, 1.165) is 6.42 Å². The van der Waals surface area contributed by atoms with Gasteiger partial charge in [0.2, 0.25) is 0 Å². The lowest BCUT2D eigenvalue weighted by Crippen LogP contribution is -1.73. The molecule has 0 aromatic heterocycles. The molecule has 1 aliphatic carbocycles. The molecule has 0 nitrogen and oxygen atoms in total. The SMILES string of the molecule is C#CC1=C(/C=C\C)CCC1. The maximum Gasteiger partial charge on any atom is 0.00496 e. The summed E-state index contributed by atoms with van der Waals surface area (Å²) in [6.45, 7) is 2.03. The van der Waals surface area contributed by atoms with Gasteiger partial charge in [0.1, 0.15) is 0 Å². The fraction of sp³-hybridized carbons (Fsp3) is 0.400. The topological polar surface area (TPSA) is 0 Å². The second-order valence-corrected chi connectivity index (χ2v) is 2.50. The van der Waals surface area contributed by atoms with Crippen LogP contribution in [0.3, 0.4) is 0 Å². The van der Waals surface area contributed by atoms with E-state index in [4.69, 9.17) is 6.42 Å². The van der Waals surface area contributed by atoms with Crippen LogP contribution in [0.2, 0.25) is 0 Å². The molecule has 1 rings (SSSR count). The van der Waals surface area contributed by atoms with Gasteiger partial charge in [-0.25, -0.2) is 0 Å². The summed E-state index contributed by atoms with van der Waals surface area (Å²) in [7, 11) is 0. The Morgan fingerprint density at radius 3 is 2.90 bits per heavy atom. The van der Waals surface area contributed by atoms with Gasteiger partial charge in [-0.3, -0.25) is 0 Å². The molecule has 0 aliphatic heterocycles. The third-order valence-electron chi connectivity index (χ3n) is 1.80. The van der Waals surface area contributed by atoms with Crippen LogP contribution >= 0.6 is 0 Å². The molecule has 1 aliphatic rings. The molecule has 0 aromatic rings. The van der Waals surface area contributed by atoms with Crippen molar-refractivity contribution in [2.45, 2.75) is 26.2 Å². The van der Waals surface area contributed by atoms with Gasteiger partial charge in [0.25, 0.3) is 0 Å². The average molecular weight is 132 g/mol. The lowest BCUT2D eigenvalue weighted by Gasteiger charge is -1.91. The van der Waals surface area contributed by atoms with E-state index in [2.05, 4.69) is 18.1 Å². The molecule has 0 saturated heterocycles. The minimum Gasteiger partial charge on any atom is -0.115 e. The third-order valence-corrected chi connectivity index (χ3v) is 1.80. The highest BCUT2D eigenvalue weighted by Crippen LogP contribution is 2.25. The first-order valence-corrected chi connectivity index (χ1v) is 3.70. The standard InChI is InChI=1S/C10H12/c1-3-6-10-8-5-7-9(10)4-2/h2-3,6H,5,7-8H2,1H3/b6-3-. The van der Waals surface area contributed by atoms with Crippen molar-refractivity contribution in [2.75, 3.05) is 0 Å². The van der Waals surface area contributed by atoms with E-state index in [1.165, 1.54) is 24.0 Å². The van der Waals surface area contributed by atoms with Gasteiger partial charge in [-0.1, -0.05) is 18.1 Å². The van der Waals surface area contributed by atoms with Crippen molar-refractivity contribution < 1.29 is 0 Å². The zero-order chi connectivity index (χ0) is 7.40. The van der Waals surface area contributed by atoms with Gasteiger partial charge in [0, 0.05) is 5.57 Å². The molecule has 0 spiro atoms. The zero-order valence-corrected chi connectivity index (χ0v) is 6.35. The average Bonchev–Trinajstić information content (AvgIpc) is 2.36. The summed E-state index contributed by atoms with van der Waals surface area (Å²) in [5, 5.41) is 0. The Kier molecular flexibility index (Phi) is 2.34. The van der Waals surface area contributed by atoms with Gasteiger partial charge < -0.3 is 0 Å². The zero-order valence-electron chi connectivity index (χ0n) is 6.35. The predicted octanol–water partition coefficient (Wildman–Crippen LogP) is 2.68. The molecular formula is C10H12. The van der Waals surface area contributed by atoms with E-state index < -0.39 is 0 Å². The van der Waals surface area contributed by atoms with Crippen molar-refractivity contribution in [3.63, 3.8) is 0 Å². The number of terminal acetylenes is 1. The first-order chi connectivity index (χ1) is 4.88. The summed E-state index contributed by atoms with van der Waals surface area (Å²) in [5.41, 5.74) is 2.57. The van der Waals surface area contributed by atoms with E-state index in [0.29, 0.717) is 0 Å². The van der Waals surface area contributed by atoms with Crippen LogP contribution in [0.25, 0.3) is 0 Å². The Morgan fingerprint density at radius 2 is 2.30 bits per heavy atom. The number of hydrogen-bond acceptors (Lipinski definition) is 0. The molecule has 0 saturated carbocycles. The molecule has 0 aromatic carbocycles. The first-order valence-electron chi connectivity index (χ1n) is 3.70. The van der Waals surface area contributed by atoms with Gasteiger partial charge in [-0.15, -0.1) is 6.42 Å². The number of allylic oxidation sites excluding steroid dienone is 4. The van der Waals surface area contributed by atoms with Crippen molar-refractivity contribution in [3.8, 4) is 12.3 Å². The number of rotatable bonds is 1. The molecule has 0 radical (unpaired) electrons. The molecule has 10 heavy (non-hydrogen) atoms. The highest BCUT2D eigenvalue weighted by molar-refractivity contribution is 5.40. The Balaban J connectivity index is 2.81. The molecule has 0 fully saturated rings. The van der Waals surface area contributed by atoms with Crippen LogP contribution in [-0.2, 0) is 0 Å². The fourth-order valence-electron chi connectivity index (χ4n) is 1.32. The Labute approximate surface area is 62.6 Å². The Morgan fingerprint density at radius 1 is 1.50 bits per heavy atom. The fourth-order valence-corrected chi connectivity index (χ4v) is 1.32. The van der Waals surface area contributed by atoms with Crippen LogP contribution in [0.1, 0.15) is 26.2 Å². The summed E-state index contributed by atoms with van der Waals surface area (Å²) < 4.78 is 0. The molecule has 0 N–H and O–H groups in total. The number of hydrogen-bond donors (Lipinski definition) is 0. The molecule has 0 amide bonds. The highest BCUT2D eigenvalue weighted by atomic mass is 14.1. The van der Waals surface area contributed by atoms with Crippen LogP contribution in [0.15, 0.2) is 23.3 Å². The Bertz CT molecular complexity index is 211. The lowest BCUT2D eigenvalue weighted by molar-refractivity contribution is 0.908. The normalized spacial score (nSPS) is 18.4. The molecule has 0 unspecified atom stereocenters. The summed E-state index contributed by atoms with van der Waals surface area (Å²) >= 11 is 0. The highest BCUT2D eigenvalue weighted by Gasteiger charge is 2.08. The van der Waals surface area contributed by atoms with E-state index in [-0.39, 0.29) is 0 Å².